The average molecular weight is 263 g/mol. The molecule has 0 spiro atoms. The van der Waals surface area contributed by atoms with Gasteiger partial charge in [0.15, 0.2) is 0 Å². The van der Waals surface area contributed by atoms with E-state index in [9.17, 15) is 5.11 Å². The molecule has 3 heteroatoms. The molecule has 3 rings (SSSR count). The highest BCUT2D eigenvalue weighted by atomic mass is 32.2. The van der Waals surface area contributed by atoms with Crippen molar-refractivity contribution in [1.29, 1.82) is 0 Å². The molecule has 0 amide bonds. The molecule has 0 bridgehead atoms. The van der Waals surface area contributed by atoms with E-state index in [0.29, 0.717) is 6.04 Å². The molecule has 0 radical (unpaired) electrons. The second-order valence-corrected chi connectivity index (χ2v) is 6.72. The van der Waals surface area contributed by atoms with Crippen LogP contribution in [-0.2, 0) is 6.42 Å². The van der Waals surface area contributed by atoms with E-state index in [1.807, 2.05) is 6.07 Å². The smallest absolute Gasteiger partial charge is 0.0951 e. The third kappa shape index (κ3) is 2.20. The van der Waals surface area contributed by atoms with E-state index >= 15 is 0 Å². The summed E-state index contributed by atoms with van der Waals surface area (Å²) in [5.74, 6) is 1.21. The van der Waals surface area contributed by atoms with Gasteiger partial charge in [0.05, 0.1) is 6.10 Å². The molecule has 18 heavy (non-hydrogen) atoms. The van der Waals surface area contributed by atoms with Crippen LogP contribution in [0.3, 0.4) is 0 Å². The van der Waals surface area contributed by atoms with Crippen molar-refractivity contribution >= 4 is 11.8 Å². The Bertz CT molecular complexity index is 423. The molecule has 1 aliphatic heterocycles. The highest BCUT2D eigenvalue weighted by Crippen LogP contribution is 2.36. The topological polar surface area (TPSA) is 23.5 Å². The van der Waals surface area contributed by atoms with Crippen LogP contribution in [0.15, 0.2) is 24.3 Å². The first-order valence-electron chi connectivity index (χ1n) is 6.91. The Morgan fingerprint density at radius 1 is 1.39 bits per heavy atom. The van der Waals surface area contributed by atoms with Gasteiger partial charge in [-0.05, 0) is 24.0 Å². The highest BCUT2D eigenvalue weighted by Gasteiger charge is 2.36. The number of rotatable bonds is 2. The Labute approximate surface area is 113 Å². The summed E-state index contributed by atoms with van der Waals surface area (Å²) in [5, 5.41) is 11.2. The zero-order valence-corrected chi connectivity index (χ0v) is 11.7. The zero-order valence-electron chi connectivity index (χ0n) is 10.9. The van der Waals surface area contributed by atoms with E-state index in [1.54, 1.807) is 0 Å². The number of thioether (sulfide) groups is 1. The van der Waals surface area contributed by atoms with E-state index < -0.39 is 0 Å². The molecule has 3 unspecified atom stereocenters. The minimum atomic E-state index is -0.290. The van der Waals surface area contributed by atoms with Crippen LogP contribution in [0, 0.1) is 0 Å². The van der Waals surface area contributed by atoms with Crippen molar-refractivity contribution < 1.29 is 5.11 Å². The number of aliphatic hydroxyl groups is 1. The van der Waals surface area contributed by atoms with Gasteiger partial charge in [0.1, 0.15) is 0 Å². The van der Waals surface area contributed by atoms with Gasteiger partial charge in [0, 0.05) is 30.1 Å². The van der Waals surface area contributed by atoms with Crippen molar-refractivity contribution in [2.24, 2.45) is 0 Å². The summed E-state index contributed by atoms with van der Waals surface area (Å²) >= 11 is 2.09. The fourth-order valence-electron chi connectivity index (χ4n) is 3.17. The maximum Gasteiger partial charge on any atom is 0.0951 e. The average Bonchev–Trinajstić information content (AvgIpc) is 2.77. The first-order valence-corrected chi connectivity index (χ1v) is 7.96. The van der Waals surface area contributed by atoms with E-state index in [1.165, 1.54) is 17.7 Å². The summed E-state index contributed by atoms with van der Waals surface area (Å²) in [5.41, 5.74) is 2.48. The predicted octanol–water partition coefficient (Wildman–Crippen LogP) is 2.47. The van der Waals surface area contributed by atoms with Crippen LogP contribution >= 0.6 is 11.8 Å². The summed E-state index contributed by atoms with van der Waals surface area (Å²) in [6.45, 7) is 4.52. The molecule has 1 N–H and O–H groups in total. The van der Waals surface area contributed by atoms with Crippen LogP contribution in [0.25, 0.3) is 0 Å². The molecular formula is C15H21NOS. The highest BCUT2D eigenvalue weighted by molar-refractivity contribution is 8.00. The number of aliphatic hydroxyl groups excluding tert-OH is 1. The van der Waals surface area contributed by atoms with Crippen molar-refractivity contribution in [3.8, 4) is 0 Å². The van der Waals surface area contributed by atoms with Crippen LogP contribution < -0.4 is 0 Å². The third-order valence-corrected chi connectivity index (χ3v) is 5.63. The molecular weight excluding hydrogens is 242 g/mol. The number of hydrogen-bond donors (Lipinski definition) is 1. The Hall–Kier alpha value is -0.510. The molecule has 0 saturated carbocycles. The van der Waals surface area contributed by atoms with Gasteiger partial charge < -0.3 is 5.11 Å². The van der Waals surface area contributed by atoms with Crippen LogP contribution in [-0.4, -0.2) is 40.1 Å². The molecule has 2 aliphatic rings. The summed E-state index contributed by atoms with van der Waals surface area (Å²) < 4.78 is 0. The summed E-state index contributed by atoms with van der Waals surface area (Å²) in [4.78, 5) is 2.51. The lowest BCUT2D eigenvalue weighted by atomic mass is 10.1. The first kappa shape index (κ1) is 12.5. The zero-order chi connectivity index (χ0) is 12.5. The quantitative estimate of drug-likeness (QED) is 0.886. The van der Waals surface area contributed by atoms with Crippen molar-refractivity contribution in [2.75, 3.05) is 18.8 Å². The van der Waals surface area contributed by atoms with Gasteiger partial charge in [-0.2, -0.15) is 11.8 Å². The second kappa shape index (κ2) is 5.24. The fourth-order valence-corrected chi connectivity index (χ4v) is 4.38. The Kier molecular flexibility index (Phi) is 3.64. The summed E-state index contributed by atoms with van der Waals surface area (Å²) in [6.07, 6.45) is 1.96. The number of fused-ring (bicyclic) bond motifs is 1. The normalized spacial score (nSPS) is 32.4. The predicted molar refractivity (Wildman–Crippen MR) is 77.0 cm³/mol. The molecule has 1 fully saturated rings. The van der Waals surface area contributed by atoms with Crippen LogP contribution in [0.1, 0.15) is 30.6 Å². The SMILES string of the molecule is CCC1CN(C2Cc3ccccc3C2O)CCS1. The van der Waals surface area contributed by atoms with Gasteiger partial charge in [-0.25, -0.2) is 0 Å². The van der Waals surface area contributed by atoms with Gasteiger partial charge in [0.2, 0.25) is 0 Å². The lowest BCUT2D eigenvalue weighted by molar-refractivity contribution is 0.0624. The van der Waals surface area contributed by atoms with Crippen molar-refractivity contribution in [3.05, 3.63) is 35.4 Å². The Morgan fingerprint density at radius 3 is 3.00 bits per heavy atom. The number of benzene rings is 1. The molecule has 2 nitrogen and oxygen atoms in total. The second-order valence-electron chi connectivity index (χ2n) is 5.31. The van der Waals surface area contributed by atoms with E-state index in [0.717, 1.165) is 30.3 Å². The maximum absolute atomic E-state index is 10.5. The van der Waals surface area contributed by atoms with Crippen LogP contribution in [0.5, 0.6) is 0 Å². The third-order valence-electron chi connectivity index (χ3n) is 4.26. The van der Waals surface area contributed by atoms with E-state index in [2.05, 4.69) is 41.8 Å². The van der Waals surface area contributed by atoms with E-state index in [4.69, 9.17) is 0 Å². The van der Waals surface area contributed by atoms with Crippen molar-refractivity contribution in [1.82, 2.24) is 4.90 Å². The minimum Gasteiger partial charge on any atom is -0.387 e. The molecule has 0 aromatic heterocycles. The van der Waals surface area contributed by atoms with Gasteiger partial charge in [-0.1, -0.05) is 31.2 Å². The van der Waals surface area contributed by atoms with Crippen molar-refractivity contribution in [2.45, 2.75) is 37.2 Å². The lowest BCUT2D eigenvalue weighted by Gasteiger charge is -2.37. The molecule has 1 heterocycles. The molecule has 1 aliphatic carbocycles. The largest absolute Gasteiger partial charge is 0.387 e. The molecule has 98 valence electrons. The minimum absolute atomic E-state index is 0.290. The monoisotopic (exact) mass is 263 g/mol. The van der Waals surface area contributed by atoms with Gasteiger partial charge in [-0.15, -0.1) is 0 Å². The first-order chi connectivity index (χ1) is 8.79. The molecule has 1 aromatic carbocycles. The van der Waals surface area contributed by atoms with Gasteiger partial charge in [0.25, 0.3) is 0 Å². The standard InChI is InChI=1S/C15H21NOS/c1-2-12-10-16(7-8-18-12)14-9-11-5-3-4-6-13(11)15(14)17/h3-6,12,14-15,17H,2,7-10H2,1H3. The number of nitrogens with zero attached hydrogens (tertiary/aromatic N) is 1. The Balaban J connectivity index is 1.75. The fraction of sp³-hybridized carbons (Fsp3) is 0.600. The molecule has 1 saturated heterocycles. The summed E-state index contributed by atoms with van der Waals surface area (Å²) in [7, 11) is 0. The molecule has 1 aromatic rings. The molecule has 3 atom stereocenters. The van der Waals surface area contributed by atoms with Crippen LogP contribution in [0.4, 0.5) is 0 Å². The number of hydrogen-bond acceptors (Lipinski definition) is 3. The van der Waals surface area contributed by atoms with E-state index in [-0.39, 0.29) is 6.10 Å². The van der Waals surface area contributed by atoms with Gasteiger partial charge in [-0.3, -0.25) is 4.90 Å². The van der Waals surface area contributed by atoms with Crippen molar-refractivity contribution in [3.63, 3.8) is 0 Å². The maximum atomic E-state index is 10.5. The lowest BCUT2D eigenvalue weighted by Crippen LogP contribution is -2.46. The Morgan fingerprint density at radius 2 is 2.22 bits per heavy atom. The summed E-state index contributed by atoms with van der Waals surface area (Å²) in [6, 6.07) is 8.66. The van der Waals surface area contributed by atoms with Crippen LogP contribution in [0.2, 0.25) is 0 Å². The van der Waals surface area contributed by atoms with Gasteiger partial charge >= 0.3 is 0 Å².